The van der Waals surface area contributed by atoms with Gasteiger partial charge in [0.1, 0.15) is 0 Å². The lowest BCUT2D eigenvalue weighted by Gasteiger charge is -2.38. The van der Waals surface area contributed by atoms with Crippen LogP contribution in [0.4, 0.5) is 23.7 Å². The summed E-state index contributed by atoms with van der Waals surface area (Å²) in [6.45, 7) is 0.493. The fourth-order valence-corrected chi connectivity index (χ4v) is 3.27. The molecule has 2 unspecified atom stereocenters. The van der Waals surface area contributed by atoms with E-state index in [1.165, 1.54) is 17.0 Å². The molecule has 2 fully saturated rings. The van der Waals surface area contributed by atoms with Crippen molar-refractivity contribution in [3.05, 3.63) is 39.9 Å². The third-order valence-corrected chi connectivity index (χ3v) is 4.73. The summed E-state index contributed by atoms with van der Waals surface area (Å²) in [4.78, 5) is 48.9. The van der Waals surface area contributed by atoms with Gasteiger partial charge in [-0.1, -0.05) is 6.07 Å². The van der Waals surface area contributed by atoms with E-state index in [0.717, 1.165) is 12.1 Å². The number of hydrogen-bond acceptors (Lipinski definition) is 6. The molecular weight excluding hydrogens is 399 g/mol. The molecule has 4 amide bonds. The fraction of sp³-hybridized carbons (Fsp3) is 0.438. The fourth-order valence-electron chi connectivity index (χ4n) is 3.27. The number of imide groups is 1. The van der Waals surface area contributed by atoms with Gasteiger partial charge < -0.3 is 15.1 Å². The van der Waals surface area contributed by atoms with Gasteiger partial charge in [0.2, 0.25) is 0 Å². The lowest BCUT2D eigenvalue weighted by molar-refractivity contribution is -0.510. The number of nitrogens with one attached hydrogen (secondary N) is 2. The molecule has 0 aromatic heterocycles. The first-order valence-corrected chi connectivity index (χ1v) is 8.54. The van der Waals surface area contributed by atoms with E-state index in [1.54, 1.807) is 10.2 Å². The van der Waals surface area contributed by atoms with Gasteiger partial charge in [-0.3, -0.25) is 25.0 Å². The summed E-state index contributed by atoms with van der Waals surface area (Å²) >= 11 is 0. The molecule has 2 atom stereocenters. The Morgan fingerprint density at radius 3 is 2.41 bits per heavy atom. The Labute approximate surface area is 161 Å². The molecule has 0 saturated carbocycles. The lowest BCUT2D eigenvalue weighted by Crippen LogP contribution is -2.69. The van der Waals surface area contributed by atoms with Crippen molar-refractivity contribution in [1.29, 1.82) is 0 Å². The van der Waals surface area contributed by atoms with E-state index in [0.29, 0.717) is 5.69 Å². The smallest absolute Gasteiger partial charge is 0.368 e. The van der Waals surface area contributed by atoms with Crippen LogP contribution in [-0.2, 0) is 15.8 Å². The first kappa shape index (κ1) is 20.4. The normalized spacial score (nSPS) is 22.7. The SMILES string of the molecule is O=C1NC(=O)C([N+](=O)[O-])C(C(=O)N2CCN(c3cccc(C(F)(F)F)c3)CC2)N1. The monoisotopic (exact) mass is 415 g/mol. The number of nitrogens with zero attached hydrogens (tertiary/aromatic N) is 3. The van der Waals surface area contributed by atoms with Crippen molar-refractivity contribution in [2.24, 2.45) is 0 Å². The number of nitro groups is 1. The van der Waals surface area contributed by atoms with Gasteiger partial charge in [-0.2, -0.15) is 13.2 Å². The van der Waals surface area contributed by atoms with Crippen LogP contribution in [0.5, 0.6) is 0 Å². The number of alkyl halides is 3. The first-order valence-electron chi connectivity index (χ1n) is 8.54. The third kappa shape index (κ3) is 4.22. The second-order valence-electron chi connectivity index (χ2n) is 6.53. The van der Waals surface area contributed by atoms with E-state index in [1.807, 2.05) is 0 Å². The average Bonchev–Trinajstić information content (AvgIpc) is 2.66. The number of carbonyl (C=O) groups excluding carboxylic acids is 3. The summed E-state index contributed by atoms with van der Waals surface area (Å²) in [7, 11) is 0. The quantitative estimate of drug-likeness (QED) is 0.537. The van der Waals surface area contributed by atoms with Gasteiger partial charge in [0.15, 0.2) is 6.04 Å². The van der Waals surface area contributed by atoms with Gasteiger partial charge in [0, 0.05) is 36.8 Å². The Morgan fingerprint density at radius 1 is 1.17 bits per heavy atom. The van der Waals surface area contributed by atoms with Crippen LogP contribution >= 0.6 is 0 Å². The first-order chi connectivity index (χ1) is 13.6. The molecule has 2 heterocycles. The second-order valence-corrected chi connectivity index (χ2v) is 6.53. The van der Waals surface area contributed by atoms with Crippen LogP contribution in [0.2, 0.25) is 0 Å². The predicted molar refractivity (Wildman–Crippen MR) is 91.5 cm³/mol. The maximum atomic E-state index is 12.9. The maximum Gasteiger partial charge on any atom is 0.416 e. The Bertz CT molecular complexity index is 854. The highest BCUT2D eigenvalue weighted by Crippen LogP contribution is 2.31. The average molecular weight is 415 g/mol. The molecular formula is C16H16F3N5O5. The van der Waals surface area contributed by atoms with E-state index < -0.39 is 46.6 Å². The van der Waals surface area contributed by atoms with Crippen LogP contribution in [0.1, 0.15) is 5.56 Å². The molecule has 0 aliphatic carbocycles. The van der Waals surface area contributed by atoms with Crippen molar-refractivity contribution >= 4 is 23.5 Å². The molecule has 0 bridgehead atoms. The summed E-state index contributed by atoms with van der Waals surface area (Å²) in [5.74, 6) is -1.97. The van der Waals surface area contributed by atoms with Crippen LogP contribution in [-0.4, -0.2) is 65.9 Å². The molecule has 2 aliphatic heterocycles. The van der Waals surface area contributed by atoms with E-state index >= 15 is 0 Å². The summed E-state index contributed by atoms with van der Waals surface area (Å²) in [6.07, 6.45) is -4.48. The molecule has 2 N–H and O–H groups in total. The lowest BCUT2D eigenvalue weighted by atomic mass is 10.0. The third-order valence-electron chi connectivity index (χ3n) is 4.73. The molecule has 29 heavy (non-hydrogen) atoms. The van der Waals surface area contributed by atoms with Crippen molar-refractivity contribution in [1.82, 2.24) is 15.5 Å². The van der Waals surface area contributed by atoms with Crippen molar-refractivity contribution in [2.75, 3.05) is 31.1 Å². The van der Waals surface area contributed by atoms with Gasteiger partial charge in [-0.25, -0.2) is 4.79 Å². The number of amides is 4. The zero-order chi connectivity index (χ0) is 21.3. The van der Waals surface area contributed by atoms with Crippen molar-refractivity contribution in [3.63, 3.8) is 0 Å². The Balaban J connectivity index is 1.69. The van der Waals surface area contributed by atoms with Gasteiger partial charge in [0.25, 0.3) is 5.91 Å². The molecule has 13 heteroatoms. The van der Waals surface area contributed by atoms with Gasteiger partial charge in [-0.15, -0.1) is 0 Å². The molecule has 10 nitrogen and oxygen atoms in total. The summed E-state index contributed by atoms with van der Waals surface area (Å²) in [5, 5.41) is 15.0. The summed E-state index contributed by atoms with van der Waals surface area (Å²) in [5.41, 5.74) is -0.460. The topological polar surface area (TPSA) is 125 Å². The van der Waals surface area contributed by atoms with Gasteiger partial charge in [-0.05, 0) is 18.2 Å². The van der Waals surface area contributed by atoms with Crippen molar-refractivity contribution in [2.45, 2.75) is 18.3 Å². The van der Waals surface area contributed by atoms with Crippen molar-refractivity contribution < 1.29 is 32.5 Å². The van der Waals surface area contributed by atoms with Crippen LogP contribution in [0, 0.1) is 10.1 Å². The molecule has 1 aromatic carbocycles. The number of urea groups is 1. The molecule has 0 spiro atoms. The maximum absolute atomic E-state index is 12.9. The van der Waals surface area contributed by atoms with Gasteiger partial charge in [0.05, 0.1) is 5.56 Å². The number of benzene rings is 1. The molecule has 2 saturated heterocycles. The number of anilines is 1. The van der Waals surface area contributed by atoms with E-state index in [2.05, 4.69) is 5.32 Å². The Kier molecular flexibility index (Phi) is 5.31. The minimum absolute atomic E-state index is 0.0630. The summed E-state index contributed by atoms with van der Waals surface area (Å²) < 4.78 is 38.6. The number of carbonyl (C=O) groups is 3. The van der Waals surface area contributed by atoms with E-state index in [9.17, 15) is 37.7 Å². The standard InChI is InChI=1S/C16H16F3N5O5/c17-16(18,19)9-2-1-3-10(8-9)22-4-6-23(7-5-22)14(26)11-12(24(28)29)13(25)21-15(27)20-11/h1-3,8,11-12H,4-7H2,(H2,20,21,25,27). The van der Waals surface area contributed by atoms with Crippen LogP contribution in [0.25, 0.3) is 0 Å². The highest BCUT2D eigenvalue weighted by molar-refractivity contribution is 6.05. The number of hydrogen-bond donors (Lipinski definition) is 2. The molecule has 156 valence electrons. The second kappa shape index (κ2) is 7.56. The molecule has 3 rings (SSSR count). The number of rotatable bonds is 3. The Morgan fingerprint density at radius 2 is 1.83 bits per heavy atom. The molecule has 2 aliphatic rings. The van der Waals surface area contributed by atoms with Crippen molar-refractivity contribution in [3.8, 4) is 0 Å². The number of halogens is 3. The van der Waals surface area contributed by atoms with Crippen LogP contribution in [0.15, 0.2) is 24.3 Å². The predicted octanol–water partition coefficient (Wildman–Crippen LogP) is 0.207. The largest absolute Gasteiger partial charge is 0.416 e. The minimum atomic E-state index is -4.48. The highest BCUT2D eigenvalue weighted by atomic mass is 19.4. The molecule has 1 aromatic rings. The zero-order valence-electron chi connectivity index (χ0n) is 14.8. The van der Waals surface area contributed by atoms with Gasteiger partial charge >= 0.3 is 24.2 Å². The highest BCUT2D eigenvalue weighted by Gasteiger charge is 2.50. The number of piperazine rings is 1. The zero-order valence-corrected chi connectivity index (χ0v) is 14.8. The van der Waals surface area contributed by atoms with Crippen LogP contribution in [0.3, 0.4) is 0 Å². The minimum Gasteiger partial charge on any atom is -0.368 e. The van der Waals surface area contributed by atoms with E-state index in [4.69, 9.17) is 0 Å². The Hall–Kier alpha value is -3.38. The van der Waals surface area contributed by atoms with E-state index in [-0.39, 0.29) is 26.2 Å². The molecule has 0 radical (unpaired) electrons. The van der Waals surface area contributed by atoms with Crippen LogP contribution < -0.4 is 15.5 Å². The summed E-state index contributed by atoms with van der Waals surface area (Å²) in [6, 6.07) is 0.153.